The predicted molar refractivity (Wildman–Crippen MR) is 114 cm³/mol. The Morgan fingerprint density at radius 3 is 2.54 bits per heavy atom. The molecule has 0 aromatic heterocycles. The molecule has 3 aromatic carbocycles. The predicted octanol–water partition coefficient (Wildman–Crippen LogP) is 7.09. The molecule has 0 aliphatic carbocycles. The molecule has 0 fully saturated rings. The third-order valence-corrected chi connectivity index (χ3v) is 6.37. The number of anilines is 2. The Kier molecular flexibility index (Phi) is 5.23. The van der Waals surface area contributed by atoms with Gasteiger partial charge in [0.25, 0.3) is 0 Å². The lowest BCUT2D eigenvalue weighted by Gasteiger charge is -2.36. The second kappa shape index (κ2) is 7.66. The molecule has 142 valence electrons. The molecule has 0 saturated carbocycles. The lowest BCUT2D eigenvalue weighted by atomic mass is 10.1. The van der Waals surface area contributed by atoms with E-state index in [1.54, 1.807) is 22.5 Å². The number of benzene rings is 3. The van der Waals surface area contributed by atoms with Crippen LogP contribution < -0.4 is 9.21 Å². The highest BCUT2D eigenvalue weighted by molar-refractivity contribution is 8.01. The van der Waals surface area contributed by atoms with E-state index in [0.29, 0.717) is 16.4 Å². The van der Waals surface area contributed by atoms with Gasteiger partial charge >= 0.3 is 6.03 Å². The van der Waals surface area contributed by atoms with Crippen LogP contribution in [0, 0.1) is 12.7 Å². The van der Waals surface area contributed by atoms with E-state index in [4.69, 9.17) is 23.2 Å². The van der Waals surface area contributed by atoms with Gasteiger partial charge in [-0.2, -0.15) is 0 Å². The van der Waals surface area contributed by atoms with Gasteiger partial charge in [0, 0.05) is 15.6 Å². The van der Waals surface area contributed by atoms with Crippen molar-refractivity contribution in [3.63, 3.8) is 0 Å². The topological polar surface area (TPSA) is 23.6 Å². The zero-order valence-corrected chi connectivity index (χ0v) is 17.2. The number of hydrogen-bond acceptors (Lipinski definition) is 2. The molecule has 3 aromatic rings. The Labute approximate surface area is 176 Å². The Morgan fingerprint density at radius 2 is 1.79 bits per heavy atom. The highest BCUT2D eigenvalue weighted by Gasteiger charge is 2.33. The van der Waals surface area contributed by atoms with Crippen LogP contribution in [0.5, 0.6) is 0 Å². The number of rotatable bonds is 3. The summed E-state index contributed by atoms with van der Waals surface area (Å²) in [7, 11) is 0. The lowest BCUT2D eigenvalue weighted by molar-refractivity contribution is 0.254. The molecule has 0 bridgehead atoms. The number of aryl methyl sites for hydroxylation is 1. The highest BCUT2D eigenvalue weighted by Crippen LogP contribution is 2.43. The first-order chi connectivity index (χ1) is 13.5. The number of carbonyl (C=O) groups excluding carboxylic acids is 1. The number of urea groups is 1. The van der Waals surface area contributed by atoms with Crippen molar-refractivity contribution in [3.05, 3.63) is 87.7 Å². The number of amides is 2. The van der Waals surface area contributed by atoms with Gasteiger partial charge in [0.05, 0.1) is 22.8 Å². The minimum atomic E-state index is -0.444. The van der Waals surface area contributed by atoms with Crippen LogP contribution in [0.3, 0.4) is 0 Å². The second-order valence-corrected chi connectivity index (χ2v) is 8.16. The number of nitrogens with zero attached hydrogens (tertiary/aromatic N) is 2. The maximum absolute atomic E-state index is 14.4. The van der Waals surface area contributed by atoms with Gasteiger partial charge in [-0.3, -0.25) is 4.90 Å². The number of hydrogen-bond donors (Lipinski definition) is 0. The van der Waals surface area contributed by atoms with Crippen LogP contribution in [-0.2, 0) is 6.54 Å². The summed E-state index contributed by atoms with van der Waals surface area (Å²) in [6.45, 7) is 1.93. The molecule has 0 N–H and O–H groups in total. The Balaban J connectivity index is 1.78. The Morgan fingerprint density at radius 1 is 1.00 bits per heavy atom. The SMILES string of the molecule is Cc1ccc(N2Sc3ccccc3N(Cc3c(F)cccc3Cl)C2=O)cc1Cl. The maximum Gasteiger partial charge on any atom is 0.339 e. The summed E-state index contributed by atoms with van der Waals surface area (Å²) in [6.07, 6.45) is 0. The van der Waals surface area contributed by atoms with E-state index in [-0.39, 0.29) is 23.2 Å². The van der Waals surface area contributed by atoms with Gasteiger partial charge in [-0.05, 0) is 60.8 Å². The zero-order valence-electron chi connectivity index (χ0n) is 14.8. The summed E-state index contributed by atoms with van der Waals surface area (Å²) >= 11 is 13.8. The Hall–Kier alpha value is -2.21. The van der Waals surface area contributed by atoms with Gasteiger partial charge < -0.3 is 0 Å². The molecule has 1 heterocycles. The summed E-state index contributed by atoms with van der Waals surface area (Å²) in [4.78, 5) is 15.7. The summed E-state index contributed by atoms with van der Waals surface area (Å²) in [6, 6.07) is 17.2. The molecule has 0 radical (unpaired) electrons. The third-order valence-electron chi connectivity index (χ3n) is 4.52. The number of fused-ring (bicyclic) bond motifs is 1. The minimum absolute atomic E-state index is 0.0258. The molecule has 0 saturated heterocycles. The van der Waals surface area contributed by atoms with E-state index >= 15 is 0 Å². The molecule has 28 heavy (non-hydrogen) atoms. The number of para-hydroxylation sites is 1. The summed E-state index contributed by atoms with van der Waals surface area (Å²) < 4.78 is 15.9. The Bertz CT molecular complexity index is 1060. The van der Waals surface area contributed by atoms with Gasteiger partial charge in [0.2, 0.25) is 0 Å². The summed E-state index contributed by atoms with van der Waals surface area (Å²) in [5, 5.41) is 0.863. The van der Waals surface area contributed by atoms with Crippen LogP contribution >= 0.6 is 35.1 Å². The molecular weight excluding hydrogens is 418 g/mol. The van der Waals surface area contributed by atoms with Crippen molar-refractivity contribution < 1.29 is 9.18 Å². The summed E-state index contributed by atoms with van der Waals surface area (Å²) in [5.74, 6) is -0.444. The van der Waals surface area contributed by atoms with Crippen LogP contribution in [0.15, 0.2) is 65.6 Å². The van der Waals surface area contributed by atoms with E-state index < -0.39 is 5.82 Å². The first-order valence-corrected chi connectivity index (χ1v) is 10.1. The monoisotopic (exact) mass is 432 g/mol. The fourth-order valence-corrected chi connectivity index (χ4v) is 4.37. The molecule has 0 atom stereocenters. The van der Waals surface area contributed by atoms with Crippen molar-refractivity contribution in [2.45, 2.75) is 18.4 Å². The van der Waals surface area contributed by atoms with Crippen LogP contribution in [0.25, 0.3) is 0 Å². The molecule has 0 spiro atoms. The quantitative estimate of drug-likeness (QED) is 0.412. The fourth-order valence-electron chi connectivity index (χ4n) is 2.97. The minimum Gasteiger partial charge on any atom is -0.288 e. The van der Waals surface area contributed by atoms with E-state index in [1.807, 2.05) is 43.3 Å². The van der Waals surface area contributed by atoms with E-state index in [1.165, 1.54) is 22.9 Å². The number of halogens is 3. The molecule has 1 aliphatic heterocycles. The van der Waals surface area contributed by atoms with Crippen molar-refractivity contribution in [1.82, 2.24) is 0 Å². The largest absolute Gasteiger partial charge is 0.339 e. The molecule has 0 unspecified atom stereocenters. The molecule has 3 nitrogen and oxygen atoms in total. The van der Waals surface area contributed by atoms with Crippen LogP contribution in [0.2, 0.25) is 10.0 Å². The lowest BCUT2D eigenvalue weighted by Crippen LogP contribution is -2.43. The first kappa shape index (κ1) is 19.1. The zero-order chi connectivity index (χ0) is 19.8. The van der Waals surface area contributed by atoms with Gasteiger partial charge in [0.1, 0.15) is 5.82 Å². The average molecular weight is 433 g/mol. The van der Waals surface area contributed by atoms with Crippen molar-refractivity contribution in [3.8, 4) is 0 Å². The number of carbonyl (C=O) groups is 1. The van der Waals surface area contributed by atoms with E-state index in [2.05, 4.69) is 0 Å². The normalized spacial score (nSPS) is 13.6. The van der Waals surface area contributed by atoms with Crippen molar-refractivity contribution >= 4 is 52.6 Å². The van der Waals surface area contributed by atoms with Gasteiger partial charge in [-0.1, -0.05) is 47.5 Å². The van der Waals surface area contributed by atoms with Gasteiger partial charge in [-0.25, -0.2) is 13.5 Å². The van der Waals surface area contributed by atoms with Crippen LogP contribution in [-0.4, -0.2) is 6.03 Å². The molecular formula is C21H15Cl2FN2OS. The molecule has 1 aliphatic rings. The van der Waals surface area contributed by atoms with Crippen LogP contribution in [0.1, 0.15) is 11.1 Å². The third kappa shape index (κ3) is 3.46. The van der Waals surface area contributed by atoms with E-state index in [0.717, 1.165) is 10.5 Å². The standard InChI is InChI=1S/C21H15Cl2FN2OS/c1-13-9-10-14(11-17(13)23)26-21(27)25(19-7-2-3-8-20(19)28-26)12-15-16(22)5-4-6-18(15)24/h2-11H,12H2,1H3. The van der Waals surface area contributed by atoms with E-state index in [9.17, 15) is 9.18 Å². The van der Waals surface area contributed by atoms with Crippen molar-refractivity contribution in [1.29, 1.82) is 0 Å². The van der Waals surface area contributed by atoms with Crippen LogP contribution in [0.4, 0.5) is 20.6 Å². The first-order valence-electron chi connectivity index (χ1n) is 8.53. The summed E-state index contributed by atoms with van der Waals surface area (Å²) in [5.41, 5.74) is 2.58. The molecule has 2 amide bonds. The fraction of sp³-hybridized carbons (Fsp3) is 0.0952. The highest BCUT2D eigenvalue weighted by atomic mass is 35.5. The molecule has 4 rings (SSSR count). The average Bonchev–Trinajstić information content (AvgIpc) is 2.68. The second-order valence-electron chi connectivity index (χ2n) is 6.36. The smallest absolute Gasteiger partial charge is 0.288 e. The van der Waals surface area contributed by atoms with Gasteiger partial charge in [-0.15, -0.1) is 0 Å². The van der Waals surface area contributed by atoms with Gasteiger partial charge in [0.15, 0.2) is 0 Å². The van der Waals surface area contributed by atoms with Crippen molar-refractivity contribution in [2.24, 2.45) is 0 Å². The van der Waals surface area contributed by atoms with Crippen molar-refractivity contribution in [2.75, 3.05) is 9.21 Å². The molecule has 7 heteroatoms. The maximum atomic E-state index is 14.4.